The zero-order valence-electron chi connectivity index (χ0n) is 7.44. The maximum Gasteiger partial charge on any atom is 0.102 e. The fourth-order valence-electron chi connectivity index (χ4n) is 1.03. The molecule has 0 saturated heterocycles. The van der Waals surface area contributed by atoms with Gasteiger partial charge in [0.25, 0.3) is 0 Å². The number of nitriles is 2. The molecule has 0 aromatic heterocycles. The van der Waals surface area contributed by atoms with Crippen molar-refractivity contribution in [3.8, 4) is 12.1 Å². The van der Waals surface area contributed by atoms with Crippen LogP contribution in [0.3, 0.4) is 0 Å². The first-order chi connectivity index (χ1) is 7.08. The Labute approximate surface area is 106 Å². The number of halogens is 3. The topological polar surface area (TPSA) is 47.6 Å². The van der Waals surface area contributed by atoms with Crippen LogP contribution in [0.4, 0.5) is 0 Å². The lowest BCUT2D eigenvalue weighted by atomic mass is 10.1. The standard InChI is InChI=1S/C9H3Cl3N2S/c1-15-9-5(3-14)7(11)6(10)4(2-13)8(9)12/h1H3. The van der Waals surface area contributed by atoms with E-state index in [4.69, 9.17) is 45.3 Å². The van der Waals surface area contributed by atoms with Gasteiger partial charge >= 0.3 is 0 Å². The van der Waals surface area contributed by atoms with Gasteiger partial charge in [0.05, 0.1) is 26.2 Å². The summed E-state index contributed by atoms with van der Waals surface area (Å²) in [5.74, 6) is 0. The van der Waals surface area contributed by atoms with Crippen molar-refractivity contribution in [2.24, 2.45) is 0 Å². The van der Waals surface area contributed by atoms with Crippen molar-refractivity contribution in [2.75, 3.05) is 6.26 Å². The third-order valence-corrected chi connectivity index (χ3v) is 3.86. The summed E-state index contributed by atoms with van der Waals surface area (Å²) in [6.07, 6.45) is 1.74. The minimum absolute atomic E-state index is 0.0264. The molecule has 0 aliphatic carbocycles. The Kier molecular flexibility index (Phi) is 4.13. The zero-order chi connectivity index (χ0) is 11.6. The quantitative estimate of drug-likeness (QED) is 0.573. The third kappa shape index (κ3) is 2.02. The van der Waals surface area contributed by atoms with Crippen molar-refractivity contribution in [2.45, 2.75) is 4.90 Å². The number of nitrogens with zero attached hydrogens (tertiary/aromatic N) is 2. The van der Waals surface area contributed by atoms with Crippen molar-refractivity contribution in [3.05, 3.63) is 26.2 Å². The van der Waals surface area contributed by atoms with Crippen molar-refractivity contribution >= 4 is 46.6 Å². The first-order valence-electron chi connectivity index (χ1n) is 3.63. The smallest absolute Gasteiger partial charge is 0.102 e. The van der Waals surface area contributed by atoms with Crippen LogP contribution < -0.4 is 0 Å². The average Bonchev–Trinajstić information content (AvgIpc) is 2.23. The third-order valence-electron chi connectivity index (χ3n) is 1.71. The molecule has 1 aromatic carbocycles. The Hall–Kier alpha value is -0.580. The summed E-state index contributed by atoms with van der Waals surface area (Å²) in [6, 6.07) is 3.78. The van der Waals surface area contributed by atoms with Crippen molar-refractivity contribution in [1.29, 1.82) is 10.5 Å². The second-order valence-corrected chi connectivity index (χ2v) is 4.40. The Morgan fingerprint density at radius 3 is 1.80 bits per heavy atom. The second-order valence-electron chi connectivity index (χ2n) is 2.45. The van der Waals surface area contributed by atoms with Gasteiger partial charge in [0, 0.05) is 4.90 Å². The lowest BCUT2D eigenvalue weighted by molar-refractivity contribution is 1.34. The SMILES string of the molecule is CSc1c(Cl)c(C#N)c(Cl)c(Cl)c1C#N. The molecule has 6 heteroatoms. The molecule has 0 atom stereocenters. The molecule has 15 heavy (non-hydrogen) atoms. The molecule has 0 aliphatic heterocycles. The van der Waals surface area contributed by atoms with E-state index in [-0.39, 0.29) is 26.2 Å². The van der Waals surface area contributed by atoms with Crippen LogP contribution in [0.2, 0.25) is 15.1 Å². The molecule has 1 aromatic rings. The molecule has 0 spiro atoms. The number of hydrogen-bond donors (Lipinski definition) is 0. The fraction of sp³-hybridized carbons (Fsp3) is 0.111. The Morgan fingerprint density at radius 1 is 0.933 bits per heavy atom. The summed E-state index contributed by atoms with van der Waals surface area (Å²) in [6.45, 7) is 0. The van der Waals surface area contributed by atoms with E-state index < -0.39 is 0 Å². The molecule has 0 aliphatic rings. The van der Waals surface area contributed by atoms with Crippen LogP contribution in [-0.4, -0.2) is 6.26 Å². The molecule has 0 fully saturated rings. The van der Waals surface area contributed by atoms with E-state index in [2.05, 4.69) is 0 Å². The van der Waals surface area contributed by atoms with E-state index >= 15 is 0 Å². The van der Waals surface area contributed by atoms with Gasteiger partial charge in [0.15, 0.2) is 0 Å². The van der Waals surface area contributed by atoms with Crippen molar-refractivity contribution < 1.29 is 0 Å². The average molecular weight is 278 g/mol. The molecule has 0 amide bonds. The van der Waals surface area contributed by atoms with E-state index in [0.29, 0.717) is 4.90 Å². The van der Waals surface area contributed by atoms with E-state index in [1.54, 1.807) is 6.26 Å². The normalized spacial score (nSPS) is 9.47. The lowest BCUT2D eigenvalue weighted by Crippen LogP contribution is -1.91. The van der Waals surface area contributed by atoms with E-state index in [9.17, 15) is 0 Å². The number of thioether (sulfide) groups is 1. The van der Waals surface area contributed by atoms with Crippen LogP contribution in [0.1, 0.15) is 11.1 Å². The van der Waals surface area contributed by atoms with Crippen molar-refractivity contribution in [1.82, 2.24) is 0 Å². The van der Waals surface area contributed by atoms with Gasteiger partial charge in [0.2, 0.25) is 0 Å². The number of benzene rings is 1. The van der Waals surface area contributed by atoms with E-state index in [1.165, 1.54) is 11.8 Å². The van der Waals surface area contributed by atoms with Gasteiger partial charge in [-0.25, -0.2) is 0 Å². The van der Waals surface area contributed by atoms with Gasteiger partial charge in [-0.15, -0.1) is 11.8 Å². The summed E-state index contributed by atoms with van der Waals surface area (Å²) in [4.78, 5) is 0.477. The van der Waals surface area contributed by atoms with Crippen LogP contribution in [0.25, 0.3) is 0 Å². The maximum atomic E-state index is 8.89. The largest absolute Gasteiger partial charge is 0.192 e. The summed E-state index contributed by atoms with van der Waals surface area (Å²) in [5.41, 5.74) is 0.310. The number of rotatable bonds is 1. The summed E-state index contributed by atoms with van der Waals surface area (Å²) >= 11 is 18.9. The van der Waals surface area contributed by atoms with Crippen LogP contribution in [0, 0.1) is 22.7 Å². The summed E-state index contributed by atoms with van der Waals surface area (Å²) in [5, 5.41) is 18.0. The highest BCUT2D eigenvalue weighted by molar-refractivity contribution is 7.98. The Balaban J connectivity index is 3.77. The Morgan fingerprint density at radius 2 is 1.40 bits per heavy atom. The molecular formula is C9H3Cl3N2S. The summed E-state index contributed by atoms with van der Waals surface area (Å²) < 4.78 is 0. The maximum absolute atomic E-state index is 8.89. The molecule has 76 valence electrons. The van der Waals surface area contributed by atoms with Crippen molar-refractivity contribution in [3.63, 3.8) is 0 Å². The van der Waals surface area contributed by atoms with Gasteiger partial charge < -0.3 is 0 Å². The minimum Gasteiger partial charge on any atom is -0.192 e. The lowest BCUT2D eigenvalue weighted by Gasteiger charge is -2.09. The molecule has 0 heterocycles. The van der Waals surface area contributed by atoms with E-state index in [0.717, 1.165) is 0 Å². The van der Waals surface area contributed by atoms with Gasteiger partial charge in [-0.2, -0.15) is 10.5 Å². The molecule has 2 nitrogen and oxygen atoms in total. The van der Waals surface area contributed by atoms with Gasteiger partial charge in [0.1, 0.15) is 12.1 Å². The number of hydrogen-bond acceptors (Lipinski definition) is 3. The van der Waals surface area contributed by atoms with E-state index in [1.807, 2.05) is 12.1 Å². The predicted octanol–water partition coefficient (Wildman–Crippen LogP) is 4.11. The first kappa shape index (κ1) is 12.5. The molecule has 0 bridgehead atoms. The Bertz CT molecular complexity index is 500. The highest BCUT2D eigenvalue weighted by Gasteiger charge is 2.20. The van der Waals surface area contributed by atoms with Crippen LogP contribution in [0.5, 0.6) is 0 Å². The molecule has 1 rings (SSSR count). The van der Waals surface area contributed by atoms with Gasteiger partial charge in [-0.05, 0) is 6.26 Å². The predicted molar refractivity (Wildman–Crippen MR) is 62.7 cm³/mol. The highest BCUT2D eigenvalue weighted by atomic mass is 35.5. The molecule has 0 N–H and O–H groups in total. The van der Waals surface area contributed by atoms with Crippen LogP contribution >= 0.6 is 46.6 Å². The fourth-order valence-corrected chi connectivity index (χ4v) is 2.69. The molecule has 0 radical (unpaired) electrons. The summed E-state index contributed by atoms with van der Waals surface area (Å²) in [7, 11) is 0. The minimum atomic E-state index is 0.0264. The van der Waals surface area contributed by atoms with Gasteiger partial charge in [-0.3, -0.25) is 0 Å². The highest BCUT2D eigenvalue weighted by Crippen LogP contribution is 2.41. The molecule has 0 saturated carbocycles. The second kappa shape index (κ2) is 4.96. The molecular weight excluding hydrogens is 275 g/mol. The zero-order valence-corrected chi connectivity index (χ0v) is 10.5. The first-order valence-corrected chi connectivity index (χ1v) is 5.99. The van der Waals surface area contributed by atoms with Crippen LogP contribution in [-0.2, 0) is 0 Å². The van der Waals surface area contributed by atoms with Gasteiger partial charge in [-0.1, -0.05) is 34.8 Å². The monoisotopic (exact) mass is 276 g/mol. The van der Waals surface area contributed by atoms with Crippen LogP contribution in [0.15, 0.2) is 4.90 Å². The molecule has 0 unspecified atom stereocenters.